The zero-order valence-corrected chi connectivity index (χ0v) is 12.7. The Hall–Kier alpha value is -1.72. The normalized spacial score (nSPS) is 18.7. The number of hydrogen-bond donors (Lipinski definition) is 0. The maximum atomic E-state index is 5.67. The first kappa shape index (κ1) is 14.2. The lowest BCUT2D eigenvalue weighted by molar-refractivity contribution is 0.102. The molecule has 2 aromatic rings. The van der Waals surface area contributed by atoms with Crippen LogP contribution in [-0.2, 0) is 24.9 Å². The number of rotatable bonds is 5. The third-order valence-corrected chi connectivity index (χ3v) is 3.98. The van der Waals surface area contributed by atoms with E-state index >= 15 is 0 Å². The third-order valence-electron chi connectivity index (χ3n) is 3.98. The smallest absolute Gasteiger partial charge is 0.0562 e. The minimum atomic E-state index is 0.387. The summed E-state index contributed by atoms with van der Waals surface area (Å²) in [6, 6.07) is 4.12. The Morgan fingerprint density at radius 3 is 3.05 bits per heavy atom. The van der Waals surface area contributed by atoms with Gasteiger partial charge in [-0.25, -0.2) is 0 Å². The number of nitrogens with zero attached hydrogens (tertiary/aromatic N) is 4. The Kier molecular flexibility index (Phi) is 4.31. The average molecular weight is 286 g/mol. The molecule has 0 radical (unpaired) electrons. The minimum Gasteiger partial charge on any atom is -0.381 e. The number of aromatic nitrogens is 3. The molecule has 2 aromatic heterocycles. The van der Waals surface area contributed by atoms with Crippen molar-refractivity contribution in [3.63, 3.8) is 0 Å². The van der Waals surface area contributed by atoms with Crippen molar-refractivity contribution >= 4 is 0 Å². The molecule has 0 bridgehead atoms. The van der Waals surface area contributed by atoms with Gasteiger partial charge in [0.1, 0.15) is 0 Å². The second-order valence-electron chi connectivity index (χ2n) is 5.57. The molecule has 0 spiro atoms. The molecule has 5 heteroatoms. The highest BCUT2D eigenvalue weighted by Crippen LogP contribution is 2.29. The first-order valence-electron chi connectivity index (χ1n) is 7.47. The fourth-order valence-corrected chi connectivity index (χ4v) is 3.11. The van der Waals surface area contributed by atoms with Crippen molar-refractivity contribution in [3.05, 3.63) is 47.5 Å². The lowest BCUT2D eigenvalue weighted by Crippen LogP contribution is -2.35. The summed E-state index contributed by atoms with van der Waals surface area (Å²) in [6.45, 7) is 6.42. The Labute approximate surface area is 125 Å². The molecule has 0 fully saturated rings. The van der Waals surface area contributed by atoms with Gasteiger partial charge in [0.25, 0.3) is 0 Å². The molecular weight excluding hydrogens is 264 g/mol. The summed E-state index contributed by atoms with van der Waals surface area (Å²) in [5.74, 6) is 0.387. The molecule has 0 saturated heterocycles. The van der Waals surface area contributed by atoms with Crippen LogP contribution in [0.25, 0.3) is 0 Å². The standard InChI is InChI=1S/C16H22N4O/c1-3-21-12-15-11-20(9-13-5-4-6-17-7-13)10-14-8-18-19(2)16(14)15/h4-8,15H,3,9-12H2,1-2H3/t15-/m0/s1. The molecule has 1 aliphatic rings. The molecule has 3 heterocycles. The van der Waals surface area contributed by atoms with Gasteiger partial charge < -0.3 is 4.74 Å². The highest BCUT2D eigenvalue weighted by Gasteiger charge is 2.28. The molecule has 0 unspecified atom stereocenters. The van der Waals surface area contributed by atoms with Crippen LogP contribution >= 0.6 is 0 Å². The molecule has 0 amide bonds. The molecule has 0 saturated carbocycles. The van der Waals surface area contributed by atoms with E-state index in [1.165, 1.54) is 16.8 Å². The lowest BCUT2D eigenvalue weighted by atomic mass is 9.96. The zero-order chi connectivity index (χ0) is 14.7. The molecule has 3 rings (SSSR count). The van der Waals surface area contributed by atoms with Crippen LogP contribution in [0.2, 0.25) is 0 Å². The van der Waals surface area contributed by atoms with Crippen LogP contribution in [0.1, 0.15) is 29.7 Å². The Bertz CT molecular complexity index is 581. The molecule has 0 aliphatic carbocycles. The highest BCUT2D eigenvalue weighted by atomic mass is 16.5. The first-order chi connectivity index (χ1) is 10.3. The van der Waals surface area contributed by atoms with Crippen molar-refractivity contribution in [1.82, 2.24) is 19.7 Å². The average Bonchev–Trinajstić information content (AvgIpc) is 2.87. The molecule has 112 valence electrons. The fourth-order valence-electron chi connectivity index (χ4n) is 3.11. The largest absolute Gasteiger partial charge is 0.381 e. The number of ether oxygens (including phenoxy) is 1. The summed E-state index contributed by atoms with van der Waals surface area (Å²) in [7, 11) is 2.02. The van der Waals surface area contributed by atoms with Gasteiger partial charge in [-0.1, -0.05) is 6.07 Å². The zero-order valence-electron chi connectivity index (χ0n) is 12.7. The second kappa shape index (κ2) is 6.37. The summed E-state index contributed by atoms with van der Waals surface area (Å²) < 4.78 is 7.67. The van der Waals surface area contributed by atoms with Gasteiger partial charge in [0.15, 0.2) is 0 Å². The van der Waals surface area contributed by atoms with Gasteiger partial charge in [-0.3, -0.25) is 14.6 Å². The lowest BCUT2D eigenvalue weighted by Gasteiger charge is -2.33. The van der Waals surface area contributed by atoms with E-state index in [0.717, 1.165) is 32.8 Å². The Balaban J connectivity index is 1.77. The van der Waals surface area contributed by atoms with Crippen LogP contribution < -0.4 is 0 Å². The van der Waals surface area contributed by atoms with E-state index in [4.69, 9.17) is 4.74 Å². The van der Waals surface area contributed by atoms with E-state index in [1.807, 2.05) is 43.3 Å². The van der Waals surface area contributed by atoms with Crippen molar-refractivity contribution in [3.8, 4) is 0 Å². The number of aryl methyl sites for hydroxylation is 1. The van der Waals surface area contributed by atoms with Gasteiger partial charge in [-0.2, -0.15) is 5.10 Å². The predicted octanol–water partition coefficient (Wildman–Crippen LogP) is 1.95. The quantitative estimate of drug-likeness (QED) is 0.842. The monoisotopic (exact) mass is 286 g/mol. The van der Waals surface area contributed by atoms with Crippen molar-refractivity contribution in [1.29, 1.82) is 0 Å². The summed E-state index contributed by atoms with van der Waals surface area (Å²) in [5, 5.41) is 4.42. The van der Waals surface area contributed by atoms with Crippen molar-refractivity contribution < 1.29 is 4.74 Å². The molecule has 0 aromatic carbocycles. The minimum absolute atomic E-state index is 0.387. The van der Waals surface area contributed by atoms with Gasteiger partial charge in [0.2, 0.25) is 0 Å². The number of pyridine rings is 1. The molecule has 1 atom stereocenters. The van der Waals surface area contributed by atoms with Crippen LogP contribution in [0.3, 0.4) is 0 Å². The predicted molar refractivity (Wildman–Crippen MR) is 80.8 cm³/mol. The summed E-state index contributed by atoms with van der Waals surface area (Å²) >= 11 is 0. The summed E-state index contributed by atoms with van der Waals surface area (Å²) in [6.07, 6.45) is 5.75. The second-order valence-corrected chi connectivity index (χ2v) is 5.57. The third kappa shape index (κ3) is 3.14. The van der Waals surface area contributed by atoms with Crippen LogP contribution in [-0.4, -0.2) is 39.4 Å². The molecular formula is C16H22N4O. The van der Waals surface area contributed by atoms with E-state index in [-0.39, 0.29) is 0 Å². The first-order valence-corrected chi connectivity index (χ1v) is 7.47. The summed E-state index contributed by atoms with van der Waals surface area (Å²) in [4.78, 5) is 6.65. The van der Waals surface area contributed by atoms with Crippen LogP contribution in [0, 0.1) is 0 Å². The topological polar surface area (TPSA) is 43.2 Å². The van der Waals surface area contributed by atoms with Crippen molar-refractivity contribution in [2.45, 2.75) is 25.9 Å². The van der Waals surface area contributed by atoms with Gasteiger partial charge in [-0.05, 0) is 18.6 Å². The van der Waals surface area contributed by atoms with Crippen LogP contribution in [0.4, 0.5) is 0 Å². The highest BCUT2D eigenvalue weighted by molar-refractivity contribution is 5.25. The number of hydrogen-bond acceptors (Lipinski definition) is 4. The molecule has 0 N–H and O–H groups in total. The van der Waals surface area contributed by atoms with Crippen LogP contribution in [0.5, 0.6) is 0 Å². The number of fused-ring (bicyclic) bond motifs is 1. The maximum absolute atomic E-state index is 5.67. The Morgan fingerprint density at radius 2 is 2.29 bits per heavy atom. The van der Waals surface area contributed by atoms with E-state index in [2.05, 4.69) is 21.0 Å². The van der Waals surface area contributed by atoms with Gasteiger partial charge >= 0.3 is 0 Å². The van der Waals surface area contributed by atoms with Crippen molar-refractivity contribution in [2.75, 3.05) is 19.8 Å². The van der Waals surface area contributed by atoms with Gasteiger partial charge in [0, 0.05) is 62.9 Å². The van der Waals surface area contributed by atoms with Crippen molar-refractivity contribution in [2.24, 2.45) is 7.05 Å². The molecule has 21 heavy (non-hydrogen) atoms. The SMILES string of the molecule is CCOC[C@@H]1CN(Cc2cccnc2)Cc2cnn(C)c21. The fraction of sp³-hybridized carbons (Fsp3) is 0.500. The van der Waals surface area contributed by atoms with E-state index in [1.54, 1.807) is 0 Å². The molecule has 1 aliphatic heterocycles. The maximum Gasteiger partial charge on any atom is 0.0562 e. The summed E-state index contributed by atoms with van der Waals surface area (Å²) in [5.41, 5.74) is 3.89. The van der Waals surface area contributed by atoms with Crippen LogP contribution in [0.15, 0.2) is 30.7 Å². The van der Waals surface area contributed by atoms with E-state index in [0.29, 0.717) is 5.92 Å². The Morgan fingerprint density at radius 1 is 1.38 bits per heavy atom. The van der Waals surface area contributed by atoms with Gasteiger partial charge in [-0.15, -0.1) is 0 Å². The van der Waals surface area contributed by atoms with Gasteiger partial charge in [0.05, 0.1) is 12.8 Å². The van der Waals surface area contributed by atoms with E-state index in [9.17, 15) is 0 Å². The molecule has 5 nitrogen and oxygen atoms in total. The van der Waals surface area contributed by atoms with E-state index < -0.39 is 0 Å².